The van der Waals surface area contributed by atoms with Crippen LogP contribution in [0.25, 0.3) is 0 Å². The maximum atomic E-state index is 4.93. The Morgan fingerprint density at radius 2 is 0.933 bits per heavy atom. The van der Waals surface area contributed by atoms with E-state index in [1.54, 1.807) is 11.8 Å². The molecule has 0 saturated heterocycles. The summed E-state index contributed by atoms with van der Waals surface area (Å²) in [6.07, 6.45) is 11.4. The van der Waals surface area contributed by atoms with Gasteiger partial charge in [0.25, 0.3) is 0 Å². The van der Waals surface area contributed by atoms with Crippen molar-refractivity contribution >= 4 is 17.0 Å². The zero-order valence-electron chi connectivity index (χ0n) is 9.91. The van der Waals surface area contributed by atoms with E-state index in [4.69, 9.17) is 17.0 Å². The van der Waals surface area contributed by atoms with Crippen molar-refractivity contribution in [2.45, 2.75) is 65.2 Å². The number of hydrogen-bond acceptors (Lipinski definition) is 0. The van der Waals surface area contributed by atoms with E-state index < -0.39 is 20.8 Å². The molecule has 0 amide bonds. The van der Waals surface area contributed by atoms with E-state index in [1.807, 2.05) is 0 Å². The molecule has 0 aromatic rings. The molecule has 0 bridgehead atoms. The van der Waals surface area contributed by atoms with E-state index in [9.17, 15) is 0 Å². The van der Waals surface area contributed by atoms with Gasteiger partial charge in [-0.25, -0.2) is 0 Å². The Morgan fingerprint density at radius 3 is 1.00 bits per heavy atom. The van der Waals surface area contributed by atoms with Crippen LogP contribution in [0, 0.1) is 11.8 Å². The van der Waals surface area contributed by atoms with Crippen LogP contribution < -0.4 is 0 Å². The van der Waals surface area contributed by atoms with Crippen LogP contribution in [0.2, 0.25) is 0 Å². The van der Waals surface area contributed by atoms with Gasteiger partial charge in [-0.3, -0.25) is 0 Å². The molecule has 0 nitrogen and oxygen atoms in total. The molecule has 15 heavy (non-hydrogen) atoms. The molecule has 2 aliphatic carbocycles. The van der Waals surface area contributed by atoms with Gasteiger partial charge in [0.05, 0.1) is 0 Å². The molecule has 0 aromatic heterocycles. The van der Waals surface area contributed by atoms with Crippen molar-refractivity contribution < 1.29 is 20.8 Å². The SMILES string of the molecule is C[C]1CCCC1.C[C]1CCCC1.[Cl][Zr][Cl]. The van der Waals surface area contributed by atoms with Crippen molar-refractivity contribution in [3.8, 4) is 0 Å². The summed E-state index contributed by atoms with van der Waals surface area (Å²) in [5.74, 6) is 3.41. The van der Waals surface area contributed by atoms with Crippen molar-refractivity contribution in [2.75, 3.05) is 0 Å². The van der Waals surface area contributed by atoms with Crippen LogP contribution in [0.15, 0.2) is 0 Å². The third-order valence-corrected chi connectivity index (χ3v) is 2.91. The summed E-state index contributed by atoms with van der Waals surface area (Å²) in [6, 6.07) is 0. The Kier molecular flexibility index (Phi) is 13.1. The first-order chi connectivity index (χ1) is 7.20. The molecular weight excluding hydrogens is 306 g/mol. The fraction of sp³-hybridized carbons (Fsp3) is 0.833. The number of hydrogen-bond donors (Lipinski definition) is 0. The van der Waals surface area contributed by atoms with E-state index in [-0.39, 0.29) is 0 Å². The van der Waals surface area contributed by atoms with Crippen LogP contribution in [0.3, 0.4) is 0 Å². The Bertz CT molecular complexity index is 105. The molecule has 3 heteroatoms. The number of rotatable bonds is 0. The Balaban J connectivity index is 0.000000210. The van der Waals surface area contributed by atoms with E-state index in [0.717, 1.165) is 0 Å². The van der Waals surface area contributed by atoms with Crippen LogP contribution in [0.5, 0.6) is 0 Å². The molecule has 0 spiro atoms. The van der Waals surface area contributed by atoms with Gasteiger partial charge in [0, 0.05) is 0 Å². The average Bonchev–Trinajstić information content (AvgIpc) is 2.81. The Morgan fingerprint density at radius 1 is 0.733 bits per heavy atom. The molecule has 2 rings (SSSR count). The summed E-state index contributed by atoms with van der Waals surface area (Å²) in [7, 11) is 9.87. The minimum absolute atomic E-state index is 0.826. The standard InChI is InChI=1S/2C6H11.2ClH.Zr/c2*1-6-4-2-3-5-6;;;/h2*2-5H2,1H3;2*1H;/q;;;;+2/p-2. The van der Waals surface area contributed by atoms with Crippen LogP contribution in [0.4, 0.5) is 0 Å². The second-order valence-electron chi connectivity index (χ2n) is 4.40. The molecule has 2 radical (unpaired) electrons. The zero-order chi connectivity index (χ0) is 11.5. The fourth-order valence-corrected chi connectivity index (χ4v) is 1.96. The molecule has 88 valence electrons. The van der Waals surface area contributed by atoms with Gasteiger partial charge >= 0.3 is 37.9 Å². The normalized spacial score (nSPS) is 21.3. The van der Waals surface area contributed by atoms with Crippen molar-refractivity contribution in [2.24, 2.45) is 0 Å². The molecule has 0 aromatic carbocycles. The van der Waals surface area contributed by atoms with Gasteiger partial charge in [0.2, 0.25) is 0 Å². The second-order valence-corrected chi connectivity index (χ2v) is 8.13. The zero-order valence-corrected chi connectivity index (χ0v) is 13.9. The molecule has 2 saturated carbocycles. The first-order valence-electron chi connectivity index (χ1n) is 5.79. The van der Waals surface area contributed by atoms with Gasteiger partial charge < -0.3 is 0 Å². The maximum absolute atomic E-state index is 4.93. The van der Waals surface area contributed by atoms with Crippen molar-refractivity contribution in [3.05, 3.63) is 11.8 Å². The molecular formula is C12H22Cl2Zr. The predicted octanol–water partition coefficient (Wildman–Crippen LogP) is 5.69. The average molecular weight is 328 g/mol. The van der Waals surface area contributed by atoms with Gasteiger partial charge in [-0.15, -0.1) is 0 Å². The van der Waals surface area contributed by atoms with E-state index in [1.165, 1.54) is 51.4 Å². The summed E-state index contributed by atoms with van der Waals surface area (Å²) in [5, 5.41) is 0. The van der Waals surface area contributed by atoms with Crippen LogP contribution in [-0.4, -0.2) is 0 Å². The molecule has 2 aliphatic rings. The Hall–Kier alpha value is 1.46. The monoisotopic (exact) mass is 326 g/mol. The number of halogens is 2. The van der Waals surface area contributed by atoms with Crippen LogP contribution in [0.1, 0.15) is 65.2 Å². The van der Waals surface area contributed by atoms with Gasteiger partial charge in [-0.2, -0.15) is 0 Å². The van der Waals surface area contributed by atoms with Gasteiger partial charge in [0.15, 0.2) is 0 Å². The van der Waals surface area contributed by atoms with E-state index in [2.05, 4.69) is 13.8 Å². The molecule has 0 unspecified atom stereocenters. The first-order valence-corrected chi connectivity index (χ1v) is 12.1. The van der Waals surface area contributed by atoms with E-state index >= 15 is 0 Å². The molecule has 0 heterocycles. The Labute approximate surface area is 114 Å². The predicted molar refractivity (Wildman–Crippen MR) is 66.5 cm³/mol. The van der Waals surface area contributed by atoms with Gasteiger partial charge in [-0.1, -0.05) is 39.5 Å². The summed E-state index contributed by atoms with van der Waals surface area (Å²) >= 11 is -0.826. The minimum atomic E-state index is -0.826. The third kappa shape index (κ3) is 11.7. The molecule has 0 N–H and O–H groups in total. The first kappa shape index (κ1) is 16.5. The fourth-order valence-electron chi connectivity index (χ4n) is 1.96. The summed E-state index contributed by atoms with van der Waals surface area (Å²) in [4.78, 5) is 0. The summed E-state index contributed by atoms with van der Waals surface area (Å²) in [5.41, 5.74) is 0. The summed E-state index contributed by atoms with van der Waals surface area (Å²) < 4.78 is 0. The van der Waals surface area contributed by atoms with Gasteiger partial charge in [0.1, 0.15) is 0 Å². The van der Waals surface area contributed by atoms with Gasteiger partial charge in [-0.05, 0) is 37.5 Å². The quantitative estimate of drug-likeness (QED) is 0.536. The second kappa shape index (κ2) is 11.9. The van der Waals surface area contributed by atoms with Crippen LogP contribution in [-0.2, 0) is 20.8 Å². The van der Waals surface area contributed by atoms with E-state index in [0.29, 0.717) is 0 Å². The molecule has 0 atom stereocenters. The van der Waals surface area contributed by atoms with Crippen LogP contribution >= 0.6 is 17.0 Å². The molecule has 2 fully saturated rings. The van der Waals surface area contributed by atoms with Crippen molar-refractivity contribution in [3.63, 3.8) is 0 Å². The van der Waals surface area contributed by atoms with Crippen molar-refractivity contribution in [1.29, 1.82) is 0 Å². The molecule has 0 aliphatic heterocycles. The summed E-state index contributed by atoms with van der Waals surface area (Å²) in [6.45, 7) is 4.51. The topological polar surface area (TPSA) is 0 Å². The third-order valence-electron chi connectivity index (χ3n) is 2.91. The van der Waals surface area contributed by atoms with Crippen molar-refractivity contribution in [1.82, 2.24) is 0 Å².